The minimum Gasteiger partial charge on any atom is -0.353 e. The second kappa shape index (κ2) is 6.65. The first kappa shape index (κ1) is 16.9. The van der Waals surface area contributed by atoms with Gasteiger partial charge in [-0.3, -0.25) is 19.0 Å². The van der Waals surface area contributed by atoms with Gasteiger partial charge in [0.2, 0.25) is 11.8 Å². The molecule has 1 aliphatic rings. The number of aromatic nitrogens is 2. The molecule has 1 aliphatic heterocycles. The molecule has 0 aliphatic carbocycles. The van der Waals surface area contributed by atoms with Gasteiger partial charge >= 0.3 is 0 Å². The van der Waals surface area contributed by atoms with Crippen molar-refractivity contribution in [3.05, 3.63) is 39.6 Å². The Hall–Kier alpha value is -2.52. The molecule has 26 heavy (non-hydrogen) atoms. The van der Waals surface area contributed by atoms with E-state index in [0.29, 0.717) is 23.3 Å². The van der Waals surface area contributed by atoms with Gasteiger partial charge in [-0.2, -0.15) is 0 Å². The molecular formula is C17H16N4O3S2. The van der Waals surface area contributed by atoms with Gasteiger partial charge in [0.25, 0.3) is 5.56 Å². The molecule has 0 spiro atoms. The van der Waals surface area contributed by atoms with Crippen LogP contribution in [0.5, 0.6) is 0 Å². The first-order chi connectivity index (χ1) is 12.6. The lowest BCUT2D eigenvalue weighted by molar-refractivity contribution is -0.142. The van der Waals surface area contributed by atoms with Crippen LogP contribution in [0.15, 0.2) is 34.0 Å². The van der Waals surface area contributed by atoms with Gasteiger partial charge in [0.05, 0.1) is 11.7 Å². The van der Waals surface area contributed by atoms with Crippen molar-refractivity contribution >= 4 is 44.7 Å². The van der Waals surface area contributed by atoms with Crippen molar-refractivity contribution in [2.24, 2.45) is 0 Å². The molecule has 1 atom stereocenters. The number of thiophene rings is 2. The van der Waals surface area contributed by atoms with Gasteiger partial charge in [-0.15, -0.1) is 22.7 Å². The fraction of sp³-hybridized carbons (Fsp3) is 0.294. The zero-order chi connectivity index (χ0) is 18.3. The lowest BCUT2D eigenvalue weighted by Gasteiger charge is -2.32. The fourth-order valence-electron chi connectivity index (χ4n) is 3.05. The molecule has 9 heteroatoms. The minimum absolute atomic E-state index is 0.126. The summed E-state index contributed by atoms with van der Waals surface area (Å²) in [6, 6.07) is 3.36. The molecule has 2 amide bonds. The topological polar surface area (TPSA) is 84.3 Å². The maximum absolute atomic E-state index is 13.0. The van der Waals surface area contributed by atoms with Crippen LogP contribution >= 0.6 is 22.7 Å². The zero-order valence-electron chi connectivity index (χ0n) is 14.0. The second-order valence-corrected chi connectivity index (χ2v) is 7.84. The molecule has 0 radical (unpaired) electrons. The average molecular weight is 388 g/mol. The molecule has 1 fully saturated rings. The van der Waals surface area contributed by atoms with Crippen LogP contribution in [0.2, 0.25) is 0 Å². The van der Waals surface area contributed by atoms with Gasteiger partial charge in [0.15, 0.2) is 0 Å². The van der Waals surface area contributed by atoms with E-state index in [2.05, 4.69) is 10.3 Å². The van der Waals surface area contributed by atoms with E-state index in [1.807, 2.05) is 22.9 Å². The Balaban J connectivity index is 1.68. The van der Waals surface area contributed by atoms with Gasteiger partial charge in [-0.1, -0.05) is 6.07 Å². The van der Waals surface area contributed by atoms with Crippen LogP contribution in [-0.4, -0.2) is 45.4 Å². The van der Waals surface area contributed by atoms with E-state index >= 15 is 0 Å². The molecule has 3 aromatic rings. The number of carbonyl (C=O) groups is 2. The zero-order valence-corrected chi connectivity index (χ0v) is 15.6. The summed E-state index contributed by atoms with van der Waals surface area (Å²) in [5.41, 5.74) is 0.618. The number of piperazine rings is 1. The van der Waals surface area contributed by atoms with Crippen LogP contribution in [0.25, 0.3) is 20.7 Å². The highest BCUT2D eigenvalue weighted by Gasteiger charge is 2.29. The van der Waals surface area contributed by atoms with Crippen LogP contribution in [0.4, 0.5) is 0 Å². The van der Waals surface area contributed by atoms with Crippen LogP contribution < -0.4 is 10.9 Å². The quantitative estimate of drug-likeness (QED) is 0.738. The standard InChI is InChI=1S/C17H16N4O3S2/c1-10-15(23)18-4-5-21(10)13(22)7-20-9-19-16-14(17(20)24)11(8-26-16)12-3-2-6-25-12/h2-3,6,8-10H,4-5,7H2,1H3,(H,18,23). The smallest absolute Gasteiger partial charge is 0.263 e. The Bertz CT molecular complexity index is 1040. The van der Waals surface area contributed by atoms with Crippen molar-refractivity contribution in [1.82, 2.24) is 19.8 Å². The van der Waals surface area contributed by atoms with Crippen LogP contribution in [0, 0.1) is 0 Å². The van der Waals surface area contributed by atoms with Gasteiger partial charge in [-0.05, 0) is 18.4 Å². The lowest BCUT2D eigenvalue weighted by Crippen LogP contribution is -2.56. The molecule has 1 saturated heterocycles. The first-order valence-corrected chi connectivity index (χ1v) is 9.90. The Morgan fingerprint density at radius 1 is 1.38 bits per heavy atom. The molecule has 1 unspecified atom stereocenters. The van der Waals surface area contributed by atoms with E-state index in [-0.39, 0.29) is 23.9 Å². The molecular weight excluding hydrogens is 372 g/mol. The molecule has 4 heterocycles. The molecule has 7 nitrogen and oxygen atoms in total. The van der Waals surface area contributed by atoms with Gasteiger partial charge < -0.3 is 10.2 Å². The summed E-state index contributed by atoms with van der Waals surface area (Å²) in [5.74, 6) is -0.438. The van der Waals surface area contributed by atoms with Crippen molar-refractivity contribution in [2.45, 2.75) is 19.5 Å². The highest BCUT2D eigenvalue weighted by molar-refractivity contribution is 7.18. The maximum Gasteiger partial charge on any atom is 0.263 e. The SMILES string of the molecule is CC1C(=O)NCCN1C(=O)Cn1cnc2scc(-c3cccs3)c2c1=O. The summed E-state index contributed by atoms with van der Waals surface area (Å²) in [6.45, 7) is 2.42. The van der Waals surface area contributed by atoms with Gasteiger partial charge in [0.1, 0.15) is 17.4 Å². The molecule has 3 aromatic heterocycles. The minimum atomic E-state index is -0.536. The van der Waals surface area contributed by atoms with E-state index < -0.39 is 6.04 Å². The molecule has 0 bridgehead atoms. The number of hydrogen-bond donors (Lipinski definition) is 1. The van der Waals surface area contributed by atoms with E-state index in [1.54, 1.807) is 18.3 Å². The third-order valence-corrected chi connectivity index (χ3v) is 6.26. The number of amides is 2. The number of rotatable bonds is 3. The van der Waals surface area contributed by atoms with Crippen molar-refractivity contribution in [1.29, 1.82) is 0 Å². The highest BCUT2D eigenvalue weighted by atomic mass is 32.1. The van der Waals surface area contributed by atoms with E-state index in [4.69, 9.17) is 0 Å². The van der Waals surface area contributed by atoms with Crippen molar-refractivity contribution < 1.29 is 9.59 Å². The van der Waals surface area contributed by atoms with E-state index in [0.717, 1.165) is 10.4 Å². The van der Waals surface area contributed by atoms with Crippen molar-refractivity contribution in [3.8, 4) is 10.4 Å². The summed E-state index contributed by atoms with van der Waals surface area (Å²) in [4.78, 5) is 44.8. The number of nitrogens with one attached hydrogen (secondary N) is 1. The Kier molecular flexibility index (Phi) is 4.33. The normalized spacial score (nSPS) is 17.5. The molecule has 0 aromatic carbocycles. The predicted octanol–water partition coefficient (Wildman–Crippen LogP) is 1.53. The predicted molar refractivity (Wildman–Crippen MR) is 101 cm³/mol. The third-order valence-electron chi connectivity index (χ3n) is 4.47. The second-order valence-electron chi connectivity index (χ2n) is 6.04. The summed E-state index contributed by atoms with van der Waals surface area (Å²) in [5, 5.41) is 7.15. The summed E-state index contributed by atoms with van der Waals surface area (Å²) in [7, 11) is 0. The molecule has 134 valence electrons. The summed E-state index contributed by atoms with van der Waals surface area (Å²) in [6.07, 6.45) is 1.41. The lowest BCUT2D eigenvalue weighted by atomic mass is 10.2. The van der Waals surface area contributed by atoms with Crippen molar-refractivity contribution in [2.75, 3.05) is 13.1 Å². The number of nitrogens with zero attached hydrogens (tertiary/aromatic N) is 3. The molecule has 1 N–H and O–H groups in total. The highest BCUT2D eigenvalue weighted by Crippen LogP contribution is 2.33. The van der Waals surface area contributed by atoms with Crippen LogP contribution in [-0.2, 0) is 16.1 Å². The summed E-state index contributed by atoms with van der Waals surface area (Å²) < 4.78 is 1.33. The first-order valence-electron chi connectivity index (χ1n) is 8.14. The van der Waals surface area contributed by atoms with Crippen LogP contribution in [0.3, 0.4) is 0 Å². The summed E-state index contributed by atoms with van der Waals surface area (Å²) >= 11 is 2.97. The monoisotopic (exact) mass is 388 g/mol. The maximum atomic E-state index is 13.0. The largest absolute Gasteiger partial charge is 0.353 e. The van der Waals surface area contributed by atoms with Crippen LogP contribution in [0.1, 0.15) is 6.92 Å². The number of hydrogen-bond acceptors (Lipinski definition) is 6. The number of fused-ring (bicyclic) bond motifs is 1. The van der Waals surface area contributed by atoms with Crippen molar-refractivity contribution in [3.63, 3.8) is 0 Å². The number of carbonyl (C=O) groups excluding carboxylic acids is 2. The fourth-order valence-corrected chi connectivity index (χ4v) is 4.77. The Labute approximate surface area is 156 Å². The Morgan fingerprint density at radius 3 is 3.00 bits per heavy atom. The average Bonchev–Trinajstić information content (AvgIpc) is 3.29. The van der Waals surface area contributed by atoms with E-state index in [9.17, 15) is 14.4 Å². The van der Waals surface area contributed by atoms with E-state index in [1.165, 1.54) is 27.1 Å². The third kappa shape index (κ3) is 2.82. The molecule has 4 rings (SSSR count). The van der Waals surface area contributed by atoms with Gasteiger partial charge in [-0.25, -0.2) is 4.98 Å². The van der Waals surface area contributed by atoms with Gasteiger partial charge in [0, 0.05) is 28.9 Å². The molecule has 0 saturated carbocycles. The Morgan fingerprint density at radius 2 is 2.23 bits per heavy atom.